The van der Waals surface area contributed by atoms with Crippen LogP contribution >= 0.6 is 0 Å². The van der Waals surface area contributed by atoms with Gasteiger partial charge >= 0.3 is 194 Å². The van der Waals surface area contributed by atoms with Gasteiger partial charge in [0.1, 0.15) is 0 Å². The molecule has 168 valence electrons. The summed E-state index contributed by atoms with van der Waals surface area (Å²) in [6.45, 7) is 7.03. The summed E-state index contributed by atoms with van der Waals surface area (Å²) in [7, 11) is 4.02. The summed E-state index contributed by atoms with van der Waals surface area (Å²) in [5.74, 6) is 1.88. The van der Waals surface area contributed by atoms with E-state index in [1.807, 2.05) is 25.2 Å². The zero-order chi connectivity index (χ0) is 22.3. The molecule has 1 aromatic carbocycles. The molecular weight excluding hydrogens is 487 g/mol. The average Bonchev–Trinajstić information content (AvgIpc) is 3.22. The maximum absolute atomic E-state index is 6.24. The van der Waals surface area contributed by atoms with Crippen molar-refractivity contribution in [1.82, 2.24) is 4.98 Å². The second-order valence-corrected chi connectivity index (χ2v) is 22.5. The fourth-order valence-electron chi connectivity index (χ4n) is 4.67. The zero-order valence-electron chi connectivity index (χ0n) is 20.2. The second-order valence-electron chi connectivity index (χ2n) is 9.25. The average molecular weight is 527 g/mol. The van der Waals surface area contributed by atoms with Gasteiger partial charge in [0.15, 0.2) is 0 Å². The van der Waals surface area contributed by atoms with Crippen molar-refractivity contribution >= 4 is 38.7 Å². The maximum atomic E-state index is 6.24. The summed E-state index contributed by atoms with van der Waals surface area (Å²) in [6, 6.07) is 13.6. The molecule has 0 radical (unpaired) electrons. The van der Waals surface area contributed by atoms with Crippen LogP contribution in [0.3, 0.4) is 0 Å². The first-order valence-corrected chi connectivity index (χ1v) is 19.7. The van der Waals surface area contributed by atoms with Crippen molar-refractivity contribution in [3.05, 3.63) is 42.6 Å². The molecule has 0 amide bonds. The molecule has 0 saturated heterocycles. The van der Waals surface area contributed by atoms with Crippen molar-refractivity contribution in [3.63, 3.8) is 0 Å². The molecule has 3 rings (SSSR count). The normalized spacial score (nSPS) is 11.9. The summed E-state index contributed by atoms with van der Waals surface area (Å²) in [6.07, 6.45) is 10.0. The van der Waals surface area contributed by atoms with Gasteiger partial charge in [-0.05, 0) is 0 Å². The second kappa shape index (κ2) is 11.4. The van der Waals surface area contributed by atoms with Crippen molar-refractivity contribution in [3.8, 4) is 11.3 Å². The van der Waals surface area contributed by atoms with Crippen molar-refractivity contribution < 1.29 is 4.42 Å². The molecule has 3 aromatic rings. The number of furan rings is 1. The van der Waals surface area contributed by atoms with E-state index < -0.39 is 18.4 Å². The van der Waals surface area contributed by atoms with Gasteiger partial charge in [-0.15, -0.1) is 0 Å². The fourth-order valence-corrected chi connectivity index (χ4v) is 20.7. The van der Waals surface area contributed by atoms with Crippen LogP contribution in [0.15, 0.2) is 47.0 Å². The molecule has 2 heterocycles. The van der Waals surface area contributed by atoms with Gasteiger partial charge in [0.2, 0.25) is 0 Å². The molecule has 0 saturated carbocycles. The first kappa shape index (κ1) is 24.2. The fraction of sp³-hybridized carbons (Fsp3) is 0.519. The van der Waals surface area contributed by atoms with Crippen LogP contribution in [0.25, 0.3) is 22.3 Å². The Labute approximate surface area is 193 Å². The van der Waals surface area contributed by atoms with E-state index in [0.717, 1.165) is 22.7 Å². The quantitative estimate of drug-likeness (QED) is 0.227. The molecule has 0 N–H and O–H groups in total. The third-order valence-corrected chi connectivity index (χ3v) is 22.3. The van der Waals surface area contributed by atoms with Crippen molar-refractivity contribution in [2.24, 2.45) is 0 Å². The van der Waals surface area contributed by atoms with E-state index in [9.17, 15) is 0 Å². The zero-order valence-corrected chi connectivity index (χ0v) is 23.1. The van der Waals surface area contributed by atoms with Crippen molar-refractivity contribution in [2.45, 2.75) is 72.6 Å². The standard InChI is InChI=1S/C15H13N2O.3C4H9.Sn/c1-17(2)15-8-7-12(10-16-15)14-9-11-5-3-4-6-13(11)18-14;3*1-3-4-2;/h4-10H,1-2H3;3*1,3-4H2,2H3;. The van der Waals surface area contributed by atoms with E-state index in [4.69, 9.17) is 4.42 Å². The molecule has 3 nitrogen and oxygen atoms in total. The Morgan fingerprint density at radius 1 is 0.839 bits per heavy atom. The summed E-state index contributed by atoms with van der Waals surface area (Å²) >= 11 is -2.42. The van der Waals surface area contributed by atoms with Gasteiger partial charge in [-0.1, -0.05) is 0 Å². The minimum atomic E-state index is -2.42. The molecule has 0 fully saturated rings. The number of nitrogens with zero attached hydrogens (tertiary/aromatic N) is 2. The first-order valence-electron chi connectivity index (χ1n) is 12.2. The molecular formula is C27H40N2OSn. The Hall–Kier alpha value is -1.49. The van der Waals surface area contributed by atoms with Gasteiger partial charge in [0.25, 0.3) is 0 Å². The number of rotatable bonds is 12. The van der Waals surface area contributed by atoms with Crippen LogP contribution in [0.5, 0.6) is 0 Å². The number of pyridine rings is 1. The van der Waals surface area contributed by atoms with Gasteiger partial charge in [-0.25, -0.2) is 0 Å². The van der Waals surface area contributed by atoms with E-state index in [0.29, 0.717) is 0 Å². The van der Waals surface area contributed by atoms with Crippen LogP contribution in [0.4, 0.5) is 5.82 Å². The van der Waals surface area contributed by atoms with Crippen molar-refractivity contribution in [1.29, 1.82) is 0 Å². The third-order valence-electron chi connectivity index (χ3n) is 6.65. The summed E-state index contributed by atoms with van der Waals surface area (Å²) < 4.78 is 12.4. The number of unbranched alkanes of at least 4 members (excludes halogenated alkanes) is 3. The molecule has 0 bridgehead atoms. The third kappa shape index (κ3) is 5.85. The number of hydrogen-bond donors (Lipinski definition) is 0. The van der Waals surface area contributed by atoms with E-state index in [2.05, 4.69) is 62.2 Å². The number of anilines is 1. The number of aromatic nitrogens is 1. The van der Waals surface area contributed by atoms with Gasteiger partial charge < -0.3 is 0 Å². The van der Waals surface area contributed by atoms with E-state index >= 15 is 0 Å². The van der Waals surface area contributed by atoms with E-state index in [1.165, 1.54) is 57.2 Å². The van der Waals surface area contributed by atoms with Gasteiger partial charge in [0.05, 0.1) is 0 Å². The van der Waals surface area contributed by atoms with Crippen LogP contribution in [-0.4, -0.2) is 37.5 Å². The summed E-state index contributed by atoms with van der Waals surface area (Å²) in [5.41, 5.74) is 2.04. The topological polar surface area (TPSA) is 29.3 Å². The molecule has 0 aliphatic rings. The Kier molecular flexibility index (Phi) is 8.88. The van der Waals surface area contributed by atoms with Gasteiger partial charge in [0, 0.05) is 0 Å². The molecule has 0 spiro atoms. The van der Waals surface area contributed by atoms with Crippen molar-refractivity contribution in [2.75, 3.05) is 19.0 Å². The summed E-state index contributed by atoms with van der Waals surface area (Å²) in [5, 5.41) is 1.26. The SMILES string of the molecule is CCC[CH2][Sn]([CH2]CCC)([CH2]CCC)[c]1ccc2oc(-c3ccc(N(C)C)nc3)cc2c1. The first-order chi connectivity index (χ1) is 15.0. The van der Waals surface area contributed by atoms with Gasteiger partial charge in [-0.2, -0.15) is 0 Å². The molecule has 4 heteroatoms. The van der Waals surface area contributed by atoms with Crippen LogP contribution < -0.4 is 8.48 Å². The number of benzene rings is 1. The van der Waals surface area contributed by atoms with Crippen LogP contribution in [0, 0.1) is 0 Å². The molecule has 0 unspecified atom stereocenters. The molecule has 0 atom stereocenters. The molecule has 0 aliphatic carbocycles. The predicted octanol–water partition coefficient (Wildman–Crippen LogP) is 7.62. The monoisotopic (exact) mass is 528 g/mol. The Balaban J connectivity index is 1.97. The Morgan fingerprint density at radius 2 is 1.48 bits per heavy atom. The van der Waals surface area contributed by atoms with Crippen LogP contribution in [-0.2, 0) is 0 Å². The predicted molar refractivity (Wildman–Crippen MR) is 138 cm³/mol. The minimum absolute atomic E-state index is 0.918. The number of hydrogen-bond acceptors (Lipinski definition) is 3. The molecule has 2 aromatic heterocycles. The van der Waals surface area contributed by atoms with Crippen LogP contribution in [0.2, 0.25) is 13.3 Å². The van der Waals surface area contributed by atoms with Gasteiger partial charge in [-0.3, -0.25) is 0 Å². The Morgan fingerprint density at radius 3 is 2.00 bits per heavy atom. The number of fused-ring (bicyclic) bond motifs is 1. The van der Waals surface area contributed by atoms with E-state index in [1.54, 1.807) is 3.58 Å². The molecule has 31 heavy (non-hydrogen) atoms. The summed E-state index contributed by atoms with van der Waals surface area (Å²) in [4.78, 5) is 6.58. The Bertz CT molecular complexity index is 924. The molecule has 0 aliphatic heterocycles. The van der Waals surface area contributed by atoms with E-state index in [-0.39, 0.29) is 0 Å². The van der Waals surface area contributed by atoms with Crippen LogP contribution in [0.1, 0.15) is 59.3 Å².